The minimum atomic E-state index is -4.05. The average Bonchev–Trinajstić information content (AvgIpc) is 2.83. The van der Waals surface area contributed by atoms with E-state index in [-0.39, 0.29) is 17.9 Å². The van der Waals surface area contributed by atoms with Crippen molar-refractivity contribution in [2.45, 2.75) is 43.8 Å². The molecule has 33 heavy (non-hydrogen) atoms. The van der Waals surface area contributed by atoms with Gasteiger partial charge in [-0.1, -0.05) is 26.0 Å². The minimum Gasteiger partial charge on any atom is -0.497 e. The van der Waals surface area contributed by atoms with Gasteiger partial charge in [-0.3, -0.25) is 4.79 Å². The van der Waals surface area contributed by atoms with Gasteiger partial charge < -0.3 is 19.1 Å². The first kappa shape index (κ1) is 26.7. The van der Waals surface area contributed by atoms with E-state index in [1.165, 1.54) is 26.2 Å². The summed E-state index contributed by atoms with van der Waals surface area (Å²) in [5, 5.41) is 0. The van der Waals surface area contributed by atoms with Crippen molar-refractivity contribution >= 4 is 15.8 Å². The lowest BCUT2D eigenvalue weighted by molar-refractivity contribution is -0.145. The fourth-order valence-electron chi connectivity index (χ4n) is 3.50. The number of hydrogen-bond acceptors (Lipinski definition) is 7. The molecule has 8 heteroatoms. The van der Waals surface area contributed by atoms with Crippen LogP contribution in [0.2, 0.25) is 0 Å². The van der Waals surface area contributed by atoms with E-state index in [1.54, 1.807) is 43.3 Å². The third-order valence-corrected chi connectivity index (χ3v) is 8.10. The third-order valence-electron chi connectivity index (χ3n) is 5.71. The molecule has 0 spiro atoms. The van der Waals surface area contributed by atoms with Gasteiger partial charge in [0.2, 0.25) is 0 Å². The van der Waals surface area contributed by atoms with Gasteiger partial charge in [0.25, 0.3) is 0 Å². The Kier molecular flexibility index (Phi) is 9.73. The SMILES string of the molecule is CCOC(=O)C(C)(Cc1ccc(OCCN(CC)CC)cc1)S(=O)(=O)c1ccc(OC)cc1. The molecule has 0 aliphatic rings. The summed E-state index contributed by atoms with van der Waals surface area (Å²) in [6, 6.07) is 13.2. The molecule has 7 nitrogen and oxygen atoms in total. The fraction of sp³-hybridized carbons (Fsp3) is 0.480. The Balaban J connectivity index is 2.24. The van der Waals surface area contributed by atoms with Crippen LogP contribution < -0.4 is 9.47 Å². The number of carbonyl (C=O) groups excluding carboxylic acids is 1. The quantitative estimate of drug-likeness (QED) is 0.406. The van der Waals surface area contributed by atoms with E-state index in [4.69, 9.17) is 14.2 Å². The van der Waals surface area contributed by atoms with E-state index < -0.39 is 20.6 Å². The van der Waals surface area contributed by atoms with Crippen LogP contribution in [0, 0.1) is 0 Å². The molecular formula is C25H35NO6S. The van der Waals surface area contributed by atoms with Gasteiger partial charge in [0.1, 0.15) is 18.1 Å². The van der Waals surface area contributed by atoms with Crippen molar-refractivity contribution in [3.63, 3.8) is 0 Å². The number of carbonyl (C=O) groups is 1. The highest BCUT2D eigenvalue weighted by atomic mass is 32.2. The van der Waals surface area contributed by atoms with Crippen molar-refractivity contribution in [2.75, 3.05) is 40.0 Å². The molecule has 0 aliphatic heterocycles. The van der Waals surface area contributed by atoms with Crippen molar-refractivity contribution in [2.24, 2.45) is 0 Å². The summed E-state index contributed by atoms with van der Waals surface area (Å²) in [7, 11) is -2.55. The average molecular weight is 478 g/mol. The predicted octanol–water partition coefficient (Wildman–Crippen LogP) is 3.75. The number of hydrogen-bond donors (Lipinski definition) is 0. The summed E-state index contributed by atoms with van der Waals surface area (Å²) in [5.74, 6) is 0.450. The van der Waals surface area contributed by atoms with Gasteiger partial charge in [0, 0.05) is 13.0 Å². The molecule has 0 amide bonds. The van der Waals surface area contributed by atoms with Crippen molar-refractivity contribution in [1.29, 1.82) is 0 Å². The maximum atomic E-state index is 13.5. The second kappa shape index (κ2) is 12.0. The zero-order chi connectivity index (χ0) is 24.5. The van der Waals surface area contributed by atoms with Crippen LogP contribution in [0.1, 0.15) is 33.3 Å². The van der Waals surface area contributed by atoms with Crippen molar-refractivity contribution in [1.82, 2.24) is 4.90 Å². The zero-order valence-electron chi connectivity index (χ0n) is 20.2. The molecule has 182 valence electrons. The van der Waals surface area contributed by atoms with Crippen LogP contribution in [0.15, 0.2) is 53.4 Å². The normalized spacial score (nSPS) is 13.4. The van der Waals surface area contributed by atoms with Gasteiger partial charge in [-0.05, 0) is 68.9 Å². The number of benzene rings is 2. The first-order valence-corrected chi connectivity index (χ1v) is 12.7. The number of likely N-dealkylation sites (N-methyl/N-ethyl adjacent to an activating group) is 1. The van der Waals surface area contributed by atoms with Crippen LogP contribution in [0.5, 0.6) is 11.5 Å². The predicted molar refractivity (Wildman–Crippen MR) is 129 cm³/mol. The monoisotopic (exact) mass is 477 g/mol. The Morgan fingerprint density at radius 3 is 2.03 bits per heavy atom. The molecule has 2 rings (SSSR count). The Hall–Kier alpha value is -2.58. The van der Waals surface area contributed by atoms with Gasteiger partial charge in [0.05, 0.1) is 18.6 Å². The summed E-state index contributed by atoms with van der Waals surface area (Å²) < 4.78 is 41.4. The second-order valence-electron chi connectivity index (χ2n) is 7.83. The smallest absolute Gasteiger partial charge is 0.327 e. The minimum absolute atomic E-state index is 0.0279. The maximum Gasteiger partial charge on any atom is 0.327 e. The van der Waals surface area contributed by atoms with E-state index in [2.05, 4.69) is 18.7 Å². The Morgan fingerprint density at radius 1 is 0.939 bits per heavy atom. The number of sulfone groups is 1. The summed E-state index contributed by atoms with van der Waals surface area (Å²) in [6.07, 6.45) is -0.0279. The highest BCUT2D eigenvalue weighted by Gasteiger charge is 2.48. The maximum absolute atomic E-state index is 13.5. The van der Waals surface area contributed by atoms with Crippen LogP contribution in [-0.4, -0.2) is 64.0 Å². The van der Waals surface area contributed by atoms with Crippen LogP contribution >= 0.6 is 0 Å². The van der Waals surface area contributed by atoms with Gasteiger partial charge in [0.15, 0.2) is 14.6 Å². The van der Waals surface area contributed by atoms with Crippen molar-refractivity contribution in [3.05, 3.63) is 54.1 Å². The summed E-state index contributed by atoms with van der Waals surface area (Å²) in [4.78, 5) is 15.2. The van der Waals surface area contributed by atoms with Crippen molar-refractivity contribution < 1.29 is 27.4 Å². The molecule has 1 atom stereocenters. The summed E-state index contributed by atoms with van der Waals surface area (Å²) in [5.41, 5.74) is 0.693. The Morgan fingerprint density at radius 2 is 1.52 bits per heavy atom. The largest absolute Gasteiger partial charge is 0.497 e. The fourth-order valence-corrected chi connectivity index (χ4v) is 5.15. The van der Waals surface area contributed by atoms with Gasteiger partial charge >= 0.3 is 5.97 Å². The lowest BCUT2D eigenvalue weighted by Gasteiger charge is -2.27. The molecule has 2 aromatic carbocycles. The van der Waals surface area contributed by atoms with Gasteiger partial charge in [-0.2, -0.15) is 0 Å². The molecular weight excluding hydrogens is 442 g/mol. The van der Waals surface area contributed by atoms with E-state index >= 15 is 0 Å². The topological polar surface area (TPSA) is 82.1 Å². The standard InChI is InChI=1S/C25H35NO6S/c1-6-26(7-2)17-18-32-22-11-9-20(10-12-22)19-25(4,24(27)31-8-3)33(28,29)23-15-13-21(30-5)14-16-23/h9-16H,6-8,17-19H2,1-5H3. The molecule has 0 saturated heterocycles. The summed E-state index contributed by atoms with van der Waals surface area (Å²) in [6.45, 7) is 10.7. The first-order chi connectivity index (χ1) is 15.7. The van der Waals surface area contributed by atoms with E-state index in [0.29, 0.717) is 23.7 Å². The molecule has 0 saturated carbocycles. The molecule has 1 unspecified atom stereocenters. The van der Waals surface area contributed by atoms with Gasteiger partial charge in [-0.15, -0.1) is 0 Å². The number of rotatable bonds is 13. The number of ether oxygens (including phenoxy) is 3. The molecule has 0 aromatic heterocycles. The highest BCUT2D eigenvalue weighted by Crippen LogP contribution is 2.32. The van der Waals surface area contributed by atoms with Crippen LogP contribution in [0.25, 0.3) is 0 Å². The Bertz CT molecular complexity index is 985. The number of nitrogens with zero attached hydrogens (tertiary/aromatic N) is 1. The van der Waals surface area contributed by atoms with Crippen LogP contribution in [-0.2, 0) is 25.8 Å². The molecule has 0 heterocycles. The third kappa shape index (κ3) is 6.48. The molecule has 0 fully saturated rings. The summed E-state index contributed by atoms with van der Waals surface area (Å²) >= 11 is 0. The zero-order valence-corrected chi connectivity index (χ0v) is 21.0. The van der Waals surface area contributed by atoms with Crippen LogP contribution in [0.4, 0.5) is 0 Å². The van der Waals surface area contributed by atoms with E-state index in [1.807, 2.05) is 0 Å². The molecule has 0 bridgehead atoms. The molecule has 0 radical (unpaired) electrons. The van der Waals surface area contributed by atoms with E-state index in [0.717, 1.165) is 19.6 Å². The second-order valence-corrected chi connectivity index (χ2v) is 10.2. The lowest BCUT2D eigenvalue weighted by atomic mass is 10.00. The van der Waals surface area contributed by atoms with Crippen molar-refractivity contribution in [3.8, 4) is 11.5 Å². The van der Waals surface area contributed by atoms with E-state index in [9.17, 15) is 13.2 Å². The lowest BCUT2D eigenvalue weighted by Crippen LogP contribution is -2.46. The molecule has 2 aromatic rings. The first-order valence-electron chi connectivity index (χ1n) is 11.2. The Labute approximate surface area is 197 Å². The molecule has 0 N–H and O–H groups in total. The number of methoxy groups -OCH3 is 1. The van der Waals surface area contributed by atoms with Crippen LogP contribution in [0.3, 0.4) is 0 Å². The highest BCUT2D eigenvalue weighted by molar-refractivity contribution is 7.93. The molecule has 0 aliphatic carbocycles. The number of esters is 1. The van der Waals surface area contributed by atoms with Gasteiger partial charge in [-0.25, -0.2) is 8.42 Å².